The highest BCUT2D eigenvalue weighted by Crippen LogP contribution is 2.51. The largest absolute Gasteiger partial charge is 0.278 e. The zero-order valence-corrected chi connectivity index (χ0v) is 24.4. The fourth-order valence-corrected chi connectivity index (χ4v) is 6.81. The first-order valence-corrected chi connectivity index (χ1v) is 14.7. The van der Waals surface area contributed by atoms with Crippen molar-refractivity contribution in [2.24, 2.45) is 0 Å². The van der Waals surface area contributed by atoms with Crippen molar-refractivity contribution in [1.29, 1.82) is 0 Å². The Morgan fingerprint density at radius 3 is 1.85 bits per heavy atom. The highest BCUT2D eigenvalue weighted by molar-refractivity contribution is 9.10. The number of aromatic nitrogens is 3. The lowest BCUT2D eigenvalue weighted by Crippen LogP contribution is -2.15. The molecular weight excluding hydrogens is 566 g/mol. The molecule has 2 aromatic heterocycles. The second-order valence-electron chi connectivity index (χ2n) is 11.3. The van der Waals surface area contributed by atoms with E-state index in [-0.39, 0.29) is 5.41 Å². The van der Waals surface area contributed by atoms with Crippen LogP contribution in [0.4, 0.5) is 0 Å². The first-order valence-electron chi connectivity index (χ1n) is 13.9. The van der Waals surface area contributed by atoms with E-state index < -0.39 is 0 Å². The van der Waals surface area contributed by atoms with E-state index in [2.05, 4.69) is 144 Å². The summed E-state index contributed by atoms with van der Waals surface area (Å²) in [6, 6.07) is 42.9. The Morgan fingerprint density at radius 1 is 0.561 bits per heavy atom. The molecule has 0 radical (unpaired) electrons. The van der Waals surface area contributed by atoms with Crippen molar-refractivity contribution < 1.29 is 0 Å². The van der Waals surface area contributed by atoms with Gasteiger partial charge in [-0.15, -0.1) is 0 Å². The monoisotopic (exact) mass is 591 g/mol. The average molecular weight is 593 g/mol. The zero-order valence-electron chi connectivity index (χ0n) is 22.8. The predicted octanol–water partition coefficient (Wildman–Crippen LogP) is 9.98. The molecule has 0 amide bonds. The van der Waals surface area contributed by atoms with Crippen LogP contribution in [-0.2, 0) is 5.41 Å². The Hall–Kier alpha value is -4.54. The summed E-state index contributed by atoms with van der Waals surface area (Å²) in [7, 11) is 0. The van der Waals surface area contributed by atoms with Crippen LogP contribution in [0.15, 0.2) is 126 Å². The van der Waals surface area contributed by atoms with Crippen LogP contribution in [0, 0.1) is 0 Å². The summed E-state index contributed by atoms with van der Waals surface area (Å²) in [6.07, 6.45) is 0. The molecular formula is C37H26BrN3. The first kappa shape index (κ1) is 24.3. The molecule has 0 saturated heterocycles. The Kier molecular flexibility index (Phi) is 5.32. The molecule has 196 valence electrons. The van der Waals surface area contributed by atoms with Gasteiger partial charge < -0.3 is 0 Å². The lowest BCUT2D eigenvalue weighted by molar-refractivity contribution is 0.661. The Labute approximate surface area is 247 Å². The summed E-state index contributed by atoms with van der Waals surface area (Å²) in [5, 5.41) is 2.37. The predicted molar refractivity (Wildman–Crippen MR) is 173 cm³/mol. The second-order valence-corrected chi connectivity index (χ2v) is 12.2. The molecule has 3 nitrogen and oxygen atoms in total. The third-order valence-corrected chi connectivity index (χ3v) is 8.98. The van der Waals surface area contributed by atoms with Crippen molar-refractivity contribution in [2.45, 2.75) is 19.3 Å². The van der Waals surface area contributed by atoms with Crippen LogP contribution >= 0.6 is 15.9 Å². The van der Waals surface area contributed by atoms with Gasteiger partial charge >= 0.3 is 0 Å². The molecule has 5 aromatic carbocycles. The summed E-state index contributed by atoms with van der Waals surface area (Å²) >= 11 is 3.73. The van der Waals surface area contributed by atoms with Gasteiger partial charge in [-0.05, 0) is 58.7 Å². The van der Waals surface area contributed by atoms with Crippen LogP contribution in [0.3, 0.4) is 0 Å². The molecule has 0 N–H and O–H groups in total. The van der Waals surface area contributed by atoms with Crippen LogP contribution in [0.2, 0.25) is 0 Å². The SMILES string of the molecule is CC1(C)c2ccccc2-c2cc3c4cc(Br)ccc4n(-c4nc(-c5ccccc5)cc(-c5ccccc5)n4)c3cc21. The van der Waals surface area contributed by atoms with Crippen LogP contribution in [0.25, 0.3) is 61.4 Å². The van der Waals surface area contributed by atoms with Gasteiger partial charge in [-0.25, -0.2) is 9.97 Å². The topological polar surface area (TPSA) is 30.7 Å². The number of hydrogen-bond acceptors (Lipinski definition) is 2. The van der Waals surface area contributed by atoms with E-state index in [1.54, 1.807) is 0 Å². The summed E-state index contributed by atoms with van der Waals surface area (Å²) < 4.78 is 3.30. The average Bonchev–Trinajstić information content (AvgIpc) is 3.45. The van der Waals surface area contributed by atoms with Gasteiger partial charge in [0.25, 0.3) is 0 Å². The van der Waals surface area contributed by atoms with Crippen LogP contribution in [0.1, 0.15) is 25.0 Å². The number of nitrogens with zero attached hydrogens (tertiary/aromatic N) is 3. The van der Waals surface area contributed by atoms with Crippen molar-refractivity contribution in [1.82, 2.24) is 14.5 Å². The maximum atomic E-state index is 5.20. The fraction of sp³-hybridized carbons (Fsp3) is 0.0811. The summed E-state index contributed by atoms with van der Waals surface area (Å²) in [4.78, 5) is 10.4. The summed E-state index contributed by atoms with van der Waals surface area (Å²) in [5.74, 6) is 0.667. The minimum Gasteiger partial charge on any atom is -0.278 e. The minimum absolute atomic E-state index is 0.107. The highest BCUT2D eigenvalue weighted by Gasteiger charge is 2.36. The lowest BCUT2D eigenvalue weighted by atomic mass is 9.82. The van der Waals surface area contributed by atoms with E-state index in [9.17, 15) is 0 Å². The van der Waals surface area contributed by atoms with Crippen molar-refractivity contribution in [3.05, 3.63) is 137 Å². The van der Waals surface area contributed by atoms with E-state index in [0.29, 0.717) is 5.95 Å². The van der Waals surface area contributed by atoms with Gasteiger partial charge in [0.1, 0.15) is 0 Å². The zero-order chi connectivity index (χ0) is 27.7. The Bertz CT molecular complexity index is 2070. The molecule has 7 aromatic rings. The quantitative estimate of drug-likeness (QED) is 0.204. The standard InChI is InChI=1S/C37H26BrN3/c1-37(2)30-16-10-9-15-26(30)27-20-29-28-19-25(38)17-18-34(28)41(35(29)21-31(27)37)36-39-32(23-11-5-3-6-12-23)22-33(40-36)24-13-7-4-8-14-24/h3-22H,1-2H3. The van der Waals surface area contributed by atoms with E-state index in [1.807, 2.05) is 12.1 Å². The molecule has 0 atom stereocenters. The fourth-order valence-electron chi connectivity index (χ4n) is 6.45. The molecule has 1 aliphatic rings. The number of fused-ring (bicyclic) bond motifs is 6. The Morgan fingerprint density at radius 2 is 1.17 bits per heavy atom. The third kappa shape index (κ3) is 3.71. The maximum absolute atomic E-state index is 5.20. The minimum atomic E-state index is -0.107. The molecule has 0 saturated carbocycles. The molecule has 8 rings (SSSR count). The molecule has 0 spiro atoms. The van der Waals surface area contributed by atoms with Gasteiger partial charge in [0.15, 0.2) is 0 Å². The van der Waals surface area contributed by atoms with Crippen molar-refractivity contribution >= 4 is 37.7 Å². The summed E-state index contributed by atoms with van der Waals surface area (Å²) in [6.45, 7) is 4.65. The van der Waals surface area contributed by atoms with Gasteiger partial charge in [0.05, 0.1) is 22.4 Å². The van der Waals surface area contributed by atoms with Gasteiger partial charge in [0, 0.05) is 31.8 Å². The third-order valence-electron chi connectivity index (χ3n) is 8.48. The lowest BCUT2D eigenvalue weighted by Gasteiger charge is -2.21. The number of rotatable bonds is 3. The smallest absolute Gasteiger partial charge is 0.235 e. The molecule has 1 aliphatic carbocycles. The molecule has 0 bridgehead atoms. The van der Waals surface area contributed by atoms with Gasteiger partial charge in [-0.1, -0.05) is 115 Å². The number of halogens is 1. The number of benzene rings is 5. The van der Waals surface area contributed by atoms with Gasteiger partial charge in [-0.3, -0.25) is 4.57 Å². The molecule has 0 unspecified atom stereocenters. The first-order chi connectivity index (χ1) is 20.0. The molecule has 0 aliphatic heterocycles. The van der Waals surface area contributed by atoms with Crippen LogP contribution in [0.5, 0.6) is 0 Å². The number of hydrogen-bond donors (Lipinski definition) is 0. The van der Waals surface area contributed by atoms with E-state index >= 15 is 0 Å². The van der Waals surface area contributed by atoms with Crippen LogP contribution < -0.4 is 0 Å². The maximum Gasteiger partial charge on any atom is 0.235 e. The highest BCUT2D eigenvalue weighted by atomic mass is 79.9. The Balaban J connectivity index is 1.47. The molecule has 0 fully saturated rings. The van der Waals surface area contributed by atoms with Crippen molar-refractivity contribution in [3.63, 3.8) is 0 Å². The van der Waals surface area contributed by atoms with E-state index in [0.717, 1.165) is 38.0 Å². The van der Waals surface area contributed by atoms with E-state index in [1.165, 1.54) is 33.0 Å². The van der Waals surface area contributed by atoms with Gasteiger partial charge in [-0.2, -0.15) is 0 Å². The van der Waals surface area contributed by atoms with Crippen LogP contribution in [-0.4, -0.2) is 14.5 Å². The molecule has 2 heterocycles. The normalized spacial score (nSPS) is 13.4. The van der Waals surface area contributed by atoms with Crippen molar-refractivity contribution in [2.75, 3.05) is 0 Å². The van der Waals surface area contributed by atoms with Crippen molar-refractivity contribution in [3.8, 4) is 39.6 Å². The van der Waals surface area contributed by atoms with Gasteiger partial charge in [0.2, 0.25) is 5.95 Å². The molecule has 41 heavy (non-hydrogen) atoms. The van der Waals surface area contributed by atoms with E-state index in [4.69, 9.17) is 9.97 Å². The molecule has 4 heteroatoms. The second kappa shape index (κ2) is 8.98. The summed E-state index contributed by atoms with van der Waals surface area (Å²) in [5.41, 5.74) is 11.3.